The van der Waals surface area contributed by atoms with Gasteiger partial charge in [0.25, 0.3) is 0 Å². The quantitative estimate of drug-likeness (QED) is 0.240. The number of hydrogen-bond acceptors (Lipinski definition) is 4. The number of furan rings is 1. The molecule has 0 saturated carbocycles. The van der Waals surface area contributed by atoms with Crippen LogP contribution in [0.5, 0.6) is 0 Å². The zero-order chi connectivity index (χ0) is 26.6. The molecule has 0 unspecified atom stereocenters. The largest absolute Gasteiger partial charge is 0.455 e. The number of rotatable bonds is 3. The summed E-state index contributed by atoms with van der Waals surface area (Å²) < 4.78 is 6.32. The van der Waals surface area contributed by atoms with Gasteiger partial charge in [-0.1, -0.05) is 112 Å². The monoisotopic (exact) mass is 505 g/mol. The van der Waals surface area contributed by atoms with Crippen molar-refractivity contribution in [3.8, 4) is 34.2 Å². The van der Waals surface area contributed by atoms with E-state index in [-0.39, 0.29) is 5.41 Å². The molecule has 0 aliphatic carbocycles. The second-order valence-electron chi connectivity index (χ2n) is 11.0. The molecule has 7 rings (SSSR count). The van der Waals surface area contributed by atoms with E-state index < -0.39 is 0 Å². The number of aromatic nitrogens is 3. The van der Waals surface area contributed by atoms with E-state index in [4.69, 9.17) is 19.4 Å². The van der Waals surface area contributed by atoms with Crippen LogP contribution in [0.2, 0.25) is 0 Å². The molecule has 2 heterocycles. The lowest BCUT2D eigenvalue weighted by molar-refractivity contribution is 0.591. The zero-order valence-corrected chi connectivity index (χ0v) is 22.1. The molecule has 4 heteroatoms. The summed E-state index contributed by atoms with van der Waals surface area (Å²) in [7, 11) is 0. The average molecular weight is 506 g/mol. The molecule has 0 aliphatic heterocycles. The van der Waals surface area contributed by atoms with Crippen molar-refractivity contribution in [3.05, 3.63) is 115 Å². The maximum atomic E-state index is 6.32. The van der Waals surface area contributed by atoms with Crippen molar-refractivity contribution in [3.63, 3.8) is 0 Å². The SMILES string of the molecule is CC(C)(C)c1ccc2cc(-c3nc(-c4ccccc4)nc(-c4cccc5c4oc4ccccc45)n3)ccc2c1. The fourth-order valence-electron chi connectivity index (χ4n) is 5.12. The Kier molecular flexibility index (Phi) is 5.31. The topological polar surface area (TPSA) is 51.8 Å². The van der Waals surface area contributed by atoms with Crippen LogP contribution in [0.25, 0.3) is 66.9 Å². The van der Waals surface area contributed by atoms with E-state index in [0.717, 1.165) is 44.0 Å². The molecule has 4 nitrogen and oxygen atoms in total. The summed E-state index contributed by atoms with van der Waals surface area (Å²) in [4.78, 5) is 14.9. The standard InChI is InChI=1S/C35H27N3O/c1-35(2,3)26-19-18-23-20-25(17-16-24(23)21-26)33-36-32(22-10-5-4-6-11-22)37-34(38-33)29-14-9-13-28-27-12-7-8-15-30(27)39-31(28)29/h4-21H,1-3H3. The first kappa shape index (κ1) is 23.3. The van der Waals surface area contributed by atoms with Crippen LogP contribution in [-0.2, 0) is 5.41 Å². The van der Waals surface area contributed by atoms with Crippen LogP contribution in [0.3, 0.4) is 0 Å². The van der Waals surface area contributed by atoms with Gasteiger partial charge in [-0.15, -0.1) is 0 Å². The van der Waals surface area contributed by atoms with Gasteiger partial charge < -0.3 is 4.42 Å². The summed E-state index contributed by atoms with van der Waals surface area (Å²) in [5, 5.41) is 4.49. The molecule has 0 fully saturated rings. The third-order valence-electron chi connectivity index (χ3n) is 7.28. The Balaban J connectivity index is 1.44. The summed E-state index contributed by atoms with van der Waals surface area (Å²) in [6, 6.07) is 37.4. The Morgan fingerprint density at radius 2 is 1.21 bits per heavy atom. The molecule has 7 aromatic rings. The highest BCUT2D eigenvalue weighted by atomic mass is 16.3. The lowest BCUT2D eigenvalue weighted by Gasteiger charge is -2.19. The predicted octanol–water partition coefficient (Wildman–Crippen LogP) is 9.22. The van der Waals surface area contributed by atoms with E-state index in [2.05, 4.69) is 69.3 Å². The Morgan fingerprint density at radius 3 is 2.03 bits per heavy atom. The van der Waals surface area contributed by atoms with E-state index in [0.29, 0.717) is 17.5 Å². The number of para-hydroxylation sites is 2. The van der Waals surface area contributed by atoms with Crippen molar-refractivity contribution < 1.29 is 4.42 Å². The molecule has 0 spiro atoms. The summed E-state index contributed by atoms with van der Waals surface area (Å²) in [6.07, 6.45) is 0. The highest BCUT2D eigenvalue weighted by Gasteiger charge is 2.18. The van der Waals surface area contributed by atoms with E-state index in [1.807, 2.05) is 60.7 Å². The first-order valence-corrected chi connectivity index (χ1v) is 13.2. The van der Waals surface area contributed by atoms with Crippen LogP contribution in [0.1, 0.15) is 26.3 Å². The van der Waals surface area contributed by atoms with Crippen molar-refractivity contribution in [2.24, 2.45) is 0 Å². The Morgan fingerprint density at radius 1 is 0.538 bits per heavy atom. The van der Waals surface area contributed by atoms with Crippen LogP contribution in [0, 0.1) is 0 Å². The molecule has 39 heavy (non-hydrogen) atoms. The second-order valence-corrected chi connectivity index (χ2v) is 11.0. The molecule has 0 saturated heterocycles. The van der Waals surface area contributed by atoms with Gasteiger partial charge in [0.05, 0.1) is 5.56 Å². The highest BCUT2D eigenvalue weighted by molar-refractivity contribution is 6.09. The summed E-state index contributed by atoms with van der Waals surface area (Å²) in [5.74, 6) is 1.85. The van der Waals surface area contributed by atoms with E-state index in [1.165, 1.54) is 10.9 Å². The zero-order valence-electron chi connectivity index (χ0n) is 22.1. The molecule has 0 amide bonds. The molecule has 0 radical (unpaired) electrons. The Hall–Kier alpha value is -4.83. The third-order valence-corrected chi connectivity index (χ3v) is 7.28. The summed E-state index contributed by atoms with van der Waals surface area (Å²) >= 11 is 0. The minimum Gasteiger partial charge on any atom is -0.455 e. The first-order chi connectivity index (χ1) is 18.9. The van der Waals surface area contributed by atoms with Gasteiger partial charge in [-0.05, 0) is 39.9 Å². The lowest BCUT2D eigenvalue weighted by atomic mass is 9.86. The minimum atomic E-state index is 0.0955. The van der Waals surface area contributed by atoms with Crippen LogP contribution in [0.15, 0.2) is 114 Å². The number of hydrogen-bond donors (Lipinski definition) is 0. The van der Waals surface area contributed by atoms with Gasteiger partial charge in [0.2, 0.25) is 0 Å². The van der Waals surface area contributed by atoms with E-state index in [1.54, 1.807) is 0 Å². The molecular weight excluding hydrogens is 478 g/mol. The van der Waals surface area contributed by atoms with E-state index >= 15 is 0 Å². The van der Waals surface area contributed by atoms with Gasteiger partial charge in [-0.2, -0.15) is 0 Å². The van der Waals surface area contributed by atoms with Crippen molar-refractivity contribution >= 4 is 32.7 Å². The molecule has 188 valence electrons. The summed E-state index contributed by atoms with van der Waals surface area (Å²) in [5.41, 5.74) is 5.77. The lowest BCUT2D eigenvalue weighted by Crippen LogP contribution is -2.10. The second kappa shape index (κ2) is 8.88. The fraction of sp³-hybridized carbons (Fsp3) is 0.114. The highest BCUT2D eigenvalue weighted by Crippen LogP contribution is 2.36. The van der Waals surface area contributed by atoms with Gasteiger partial charge in [-0.3, -0.25) is 0 Å². The smallest absolute Gasteiger partial charge is 0.167 e. The Labute approximate surface area is 227 Å². The maximum absolute atomic E-state index is 6.32. The third kappa shape index (κ3) is 4.15. The van der Waals surface area contributed by atoms with Crippen molar-refractivity contribution in [1.29, 1.82) is 0 Å². The normalized spacial score (nSPS) is 12.0. The molecule has 0 aliphatic rings. The van der Waals surface area contributed by atoms with Crippen LogP contribution >= 0.6 is 0 Å². The van der Waals surface area contributed by atoms with Crippen molar-refractivity contribution in [1.82, 2.24) is 15.0 Å². The minimum absolute atomic E-state index is 0.0955. The molecule has 5 aromatic carbocycles. The van der Waals surface area contributed by atoms with Crippen LogP contribution < -0.4 is 0 Å². The van der Waals surface area contributed by atoms with Crippen LogP contribution in [-0.4, -0.2) is 15.0 Å². The first-order valence-electron chi connectivity index (χ1n) is 13.2. The number of fused-ring (bicyclic) bond motifs is 4. The molecular formula is C35H27N3O. The van der Waals surface area contributed by atoms with Crippen molar-refractivity contribution in [2.75, 3.05) is 0 Å². The maximum Gasteiger partial charge on any atom is 0.167 e. The van der Waals surface area contributed by atoms with Crippen molar-refractivity contribution in [2.45, 2.75) is 26.2 Å². The molecule has 0 N–H and O–H groups in total. The number of nitrogens with zero attached hydrogens (tertiary/aromatic N) is 3. The van der Waals surface area contributed by atoms with Gasteiger partial charge in [-0.25, -0.2) is 15.0 Å². The molecule has 2 aromatic heterocycles. The predicted molar refractivity (Wildman–Crippen MR) is 160 cm³/mol. The number of benzene rings is 5. The molecule has 0 atom stereocenters. The Bertz CT molecular complexity index is 2000. The fourth-order valence-corrected chi connectivity index (χ4v) is 5.12. The van der Waals surface area contributed by atoms with Gasteiger partial charge in [0.1, 0.15) is 11.2 Å². The van der Waals surface area contributed by atoms with Gasteiger partial charge >= 0.3 is 0 Å². The average Bonchev–Trinajstić information content (AvgIpc) is 3.35. The van der Waals surface area contributed by atoms with E-state index in [9.17, 15) is 0 Å². The molecule has 0 bridgehead atoms. The van der Waals surface area contributed by atoms with Gasteiger partial charge in [0, 0.05) is 21.9 Å². The van der Waals surface area contributed by atoms with Crippen LogP contribution in [0.4, 0.5) is 0 Å². The summed E-state index contributed by atoms with van der Waals surface area (Å²) in [6.45, 7) is 6.72. The van der Waals surface area contributed by atoms with Gasteiger partial charge in [0.15, 0.2) is 17.5 Å².